The fraction of sp³-hybridized carbons (Fsp3) is 0. The number of aromatic nitrogens is 2. The van der Waals surface area contributed by atoms with Crippen LogP contribution in [-0.2, 0) is 0 Å². The summed E-state index contributed by atoms with van der Waals surface area (Å²) in [5.74, 6) is 0.925. The summed E-state index contributed by atoms with van der Waals surface area (Å²) in [7, 11) is 0. The van der Waals surface area contributed by atoms with Crippen molar-refractivity contribution >= 4 is 53.7 Å². The van der Waals surface area contributed by atoms with Gasteiger partial charge in [-0.2, -0.15) is 0 Å². The van der Waals surface area contributed by atoms with Crippen molar-refractivity contribution in [2.75, 3.05) is 0 Å². The van der Waals surface area contributed by atoms with Crippen molar-refractivity contribution in [1.29, 1.82) is 0 Å². The monoisotopic (exact) mass is 400 g/mol. The van der Waals surface area contributed by atoms with Gasteiger partial charge in [0.15, 0.2) is 0 Å². The molecule has 4 aromatic rings. The van der Waals surface area contributed by atoms with Gasteiger partial charge in [0.1, 0.15) is 5.82 Å². The van der Waals surface area contributed by atoms with Crippen LogP contribution in [0.3, 0.4) is 0 Å². The van der Waals surface area contributed by atoms with E-state index in [1.807, 2.05) is 24.4 Å². The number of rotatable bonds is 1. The van der Waals surface area contributed by atoms with E-state index in [0.717, 1.165) is 25.8 Å². The van der Waals surface area contributed by atoms with Gasteiger partial charge in [-0.3, -0.25) is 4.57 Å². The molecule has 0 bridgehead atoms. The smallest absolute Gasteiger partial charge is 0.137 e. The summed E-state index contributed by atoms with van der Waals surface area (Å²) in [6, 6.07) is 18.7. The largest absolute Gasteiger partial charge is 0.294 e. The topological polar surface area (TPSA) is 17.8 Å². The summed E-state index contributed by atoms with van der Waals surface area (Å²) in [5, 5.41) is 2.46. The van der Waals surface area contributed by atoms with Gasteiger partial charge in [0, 0.05) is 25.9 Å². The van der Waals surface area contributed by atoms with Gasteiger partial charge in [0.2, 0.25) is 0 Å². The lowest BCUT2D eigenvalue weighted by Crippen LogP contribution is -1.96. The summed E-state index contributed by atoms with van der Waals surface area (Å²) < 4.78 is 4.32. The summed E-state index contributed by atoms with van der Waals surface area (Å²) in [5.41, 5.74) is 2.30. The highest BCUT2D eigenvalue weighted by Gasteiger charge is 2.13. The molecule has 2 nitrogen and oxygen atoms in total. The number of pyridine rings is 1. The maximum atomic E-state index is 4.51. The Balaban J connectivity index is 2.24. The number of benzene rings is 2. The average molecular weight is 402 g/mol. The normalized spacial score (nSPS) is 11.3. The van der Waals surface area contributed by atoms with Crippen molar-refractivity contribution in [3.8, 4) is 5.82 Å². The van der Waals surface area contributed by atoms with E-state index in [1.165, 1.54) is 10.8 Å². The van der Waals surface area contributed by atoms with Crippen molar-refractivity contribution < 1.29 is 0 Å². The number of nitrogens with zero attached hydrogens (tertiary/aromatic N) is 2. The molecule has 0 saturated carbocycles. The predicted molar refractivity (Wildman–Crippen MR) is 94.0 cm³/mol. The third-order valence-corrected chi connectivity index (χ3v) is 4.56. The number of fused-ring (bicyclic) bond motifs is 3. The Hall–Kier alpha value is -1.65. The van der Waals surface area contributed by atoms with Gasteiger partial charge >= 0.3 is 0 Å². The molecular weight excluding hydrogens is 392 g/mol. The van der Waals surface area contributed by atoms with Gasteiger partial charge in [-0.25, -0.2) is 4.98 Å². The lowest BCUT2D eigenvalue weighted by molar-refractivity contribution is 1.08. The molecule has 0 aliphatic heterocycles. The third kappa shape index (κ3) is 2.10. The quantitative estimate of drug-likeness (QED) is 0.399. The van der Waals surface area contributed by atoms with Gasteiger partial charge in [0.05, 0.1) is 11.0 Å². The van der Waals surface area contributed by atoms with Gasteiger partial charge in [-0.1, -0.05) is 50.1 Å². The molecule has 0 radical (unpaired) electrons. The number of halogens is 2. The Morgan fingerprint density at radius 3 is 1.90 bits per heavy atom. The molecule has 0 fully saturated rings. The second kappa shape index (κ2) is 4.97. The molecule has 0 saturated heterocycles. The zero-order chi connectivity index (χ0) is 14.4. The van der Waals surface area contributed by atoms with E-state index in [2.05, 4.69) is 77.8 Å². The molecule has 0 spiro atoms. The number of hydrogen-bond acceptors (Lipinski definition) is 1. The SMILES string of the molecule is Brc1ccc2c3ccc(Br)cc3n(-c3ccccn3)c2c1. The Kier molecular flexibility index (Phi) is 3.08. The molecule has 102 valence electrons. The average Bonchev–Trinajstić information content (AvgIpc) is 2.80. The maximum Gasteiger partial charge on any atom is 0.137 e. The first-order valence-electron chi connectivity index (χ1n) is 6.55. The summed E-state index contributed by atoms with van der Waals surface area (Å²) in [4.78, 5) is 4.51. The maximum absolute atomic E-state index is 4.51. The molecule has 0 N–H and O–H groups in total. The third-order valence-electron chi connectivity index (χ3n) is 3.57. The summed E-state index contributed by atoms with van der Waals surface area (Å²) >= 11 is 7.14. The van der Waals surface area contributed by atoms with E-state index in [9.17, 15) is 0 Å². The van der Waals surface area contributed by atoms with E-state index in [4.69, 9.17) is 0 Å². The first kappa shape index (κ1) is 13.0. The molecule has 2 heterocycles. The van der Waals surface area contributed by atoms with Crippen LogP contribution in [0.15, 0.2) is 69.7 Å². The van der Waals surface area contributed by atoms with Gasteiger partial charge < -0.3 is 0 Å². The Morgan fingerprint density at radius 2 is 1.38 bits per heavy atom. The highest BCUT2D eigenvalue weighted by atomic mass is 79.9. The van der Waals surface area contributed by atoms with Crippen LogP contribution in [0, 0.1) is 0 Å². The minimum absolute atomic E-state index is 0.925. The molecule has 0 atom stereocenters. The van der Waals surface area contributed by atoms with Crippen LogP contribution in [0.5, 0.6) is 0 Å². The molecule has 0 aliphatic carbocycles. The molecule has 21 heavy (non-hydrogen) atoms. The summed E-state index contributed by atoms with van der Waals surface area (Å²) in [6.07, 6.45) is 1.82. The van der Waals surface area contributed by atoms with Gasteiger partial charge in [0.25, 0.3) is 0 Å². The highest BCUT2D eigenvalue weighted by molar-refractivity contribution is 9.10. The van der Waals surface area contributed by atoms with E-state index in [0.29, 0.717) is 0 Å². The first-order valence-corrected chi connectivity index (χ1v) is 8.13. The predicted octanol–water partition coefficient (Wildman–Crippen LogP) is 5.70. The van der Waals surface area contributed by atoms with Crippen LogP contribution >= 0.6 is 31.9 Å². The van der Waals surface area contributed by atoms with Crippen molar-refractivity contribution in [2.24, 2.45) is 0 Å². The first-order chi connectivity index (χ1) is 10.2. The van der Waals surface area contributed by atoms with Crippen LogP contribution < -0.4 is 0 Å². The van der Waals surface area contributed by atoms with Crippen LogP contribution in [0.25, 0.3) is 27.6 Å². The van der Waals surface area contributed by atoms with Crippen LogP contribution in [0.2, 0.25) is 0 Å². The molecule has 4 rings (SSSR count). The lowest BCUT2D eigenvalue weighted by Gasteiger charge is -2.06. The van der Waals surface area contributed by atoms with E-state index < -0.39 is 0 Å². The van der Waals surface area contributed by atoms with Crippen molar-refractivity contribution in [3.05, 3.63) is 69.7 Å². The second-order valence-corrected chi connectivity index (χ2v) is 6.68. The second-order valence-electron chi connectivity index (χ2n) is 4.85. The standard InChI is InChI=1S/C17H10Br2N2/c18-11-4-6-13-14-7-5-12(19)10-16(14)21(15(13)9-11)17-3-1-2-8-20-17/h1-10H. The molecular formula is C17H10Br2N2. The number of hydrogen-bond donors (Lipinski definition) is 0. The minimum Gasteiger partial charge on any atom is -0.294 e. The van der Waals surface area contributed by atoms with Gasteiger partial charge in [-0.15, -0.1) is 0 Å². The Morgan fingerprint density at radius 1 is 0.762 bits per heavy atom. The van der Waals surface area contributed by atoms with E-state index in [1.54, 1.807) is 0 Å². The van der Waals surface area contributed by atoms with Crippen molar-refractivity contribution in [3.63, 3.8) is 0 Å². The molecule has 4 heteroatoms. The summed E-state index contributed by atoms with van der Waals surface area (Å²) in [6.45, 7) is 0. The highest BCUT2D eigenvalue weighted by Crippen LogP contribution is 2.34. The molecule has 0 aliphatic rings. The Bertz CT molecular complexity index is 900. The Labute approximate surface area is 138 Å². The zero-order valence-electron chi connectivity index (χ0n) is 10.9. The molecule has 2 aromatic carbocycles. The van der Waals surface area contributed by atoms with E-state index in [-0.39, 0.29) is 0 Å². The van der Waals surface area contributed by atoms with Crippen molar-refractivity contribution in [2.45, 2.75) is 0 Å². The fourth-order valence-corrected chi connectivity index (χ4v) is 3.40. The minimum atomic E-state index is 0.925. The fourth-order valence-electron chi connectivity index (χ4n) is 2.70. The van der Waals surface area contributed by atoms with E-state index >= 15 is 0 Å². The molecule has 0 amide bonds. The lowest BCUT2D eigenvalue weighted by atomic mass is 10.2. The van der Waals surface area contributed by atoms with Crippen LogP contribution in [0.1, 0.15) is 0 Å². The molecule has 0 unspecified atom stereocenters. The van der Waals surface area contributed by atoms with Crippen LogP contribution in [0.4, 0.5) is 0 Å². The molecule has 2 aromatic heterocycles. The zero-order valence-corrected chi connectivity index (χ0v) is 14.1. The van der Waals surface area contributed by atoms with Crippen molar-refractivity contribution in [1.82, 2.24) is 9.55 Å². The van der Waals surface area contributed by atoms with Gasteiger partial charge in [-0.05, 0) is 36.4 Å². The van der Waals surface area contributed by atoms with Crippen LogP contribution in [-0.4, -0.2) is 9.55 Å².